The largest absolute Gasteiger partial charge is 0.313 e. The van der Waals surface area contributed by atoms with Crippen molar-refractivity contribution in [2.45, 2.75) is 39.7 Å². The summed E-state index contributed by atoms with van der Waals surface area (Å²) in [4.78, 5) is 4.77. The summed E-state index contributed by atoms with van der Waals surface area (Å²) in [5.74, 6) is 0.578. The standard InChI is InChI=1S/C20H25N3/c1-4-21-13-17-9-10-23-14-19(22-20(23)12-17)11-16-5-7-18(8-6-16)15(2)3/h5-10,12,14-15,21H,4,11,13H2,1-3H3. The molecule has 0 saturated heterocycles. The van der Waals surface area contributed by atoms with Crippen molar-refractivity contribution in [1.82, 2.24) is 14.7 Å². The van der Waals surface area contributed by atoms with Crippen molar-refractivity contribution < 1.29 is 0 Å². The molecule has 3 heteroatoms. The lowest BCUT2D eigenvalue weighted by atomic mass is 10.0. The molecular formula is C20H25N3. The molecule has 0 unspecified atom stereocenters. The van der Waals surface area contributed by atoms with Gasteiger partial charge in [-0.05, 0) is 41.3 Å². The molecule has 0 aliphatic carbocycles. The number of benzene rings is 1. The molecule has 0 bridgehead atoms. The van der Waals surface area contributed by atoms with Crippen LogP contribution in [0.25, 0.3) is 5.65 Å². The summed E-state index contributed by atoms with van der Waals surface area (Å²) in [5, 5.41) is 3.35. The van der Waals surface area contributed by atoms with Crippen molar-refractivity contribution in [2.24, 2.45) is 0 Å². The molecule has 3 rings (SSSR count). The van der Waals surface area contributed by atoms with Crippen molar-refractivity contribution in [2.75, 3.05) is 6.54 Å². The Morgan fingerprint density at radius 2 is 1.87 bits per heavy atom. The van der Waals surface area contributed by atoms with Gasteiger partial charge in [0.05, 0.1) is 5.69 Å². The highest BCUT2D eigenvalue weighted by Crippen LogP contribution is 2.17. The van der Waals surface area contributed by atoms with Crippen LogP contribution in [0.3, 0.4) is 0 Å². The molecule has 0 radical (unpaired) electrons. The summed E-state index contributed by atoms with van der Waals surface area (Å²) in [5.41, 5.74) is 6.11. The first-order valence-electron chi connectivity index (χ1n) is 8.41. The van der Waals surface area contributed by atoms with Gasteiger partial charge in [-0.3, -0.25) is 0 Å². The van der Waals surface area contributed by atoms with Gasteiger partial charge in [0.2, 0.25) is 0 Å². The van der Waals surface area contributed by atoms with E-state index in [9.17, 15) is 0 Å². The van der Waals surface area contributed by atoms with Crippen molar-refractivity contribution in [3.63, 3.8) is 0 Å². The van der Waals surface area contributed by atoms with Crippen LogP contribution in [0, 0.1) is 0 Å². The lowest BCUT2D eigenvalue weighted by Gasteiger charge is -2.05. The maximum Gasteiger partial charge on any atom is 0.137 e. The Morgan fingerprint density at radius 3 is 2.57 bits per heavy atom. The maximum absolute atomic E-state index is 4.77. The molecule has 0 atom stereocenters. The number of nitrogens with zero attached hydrogens (tertiary/aromatic N) is 2. The van der Waals surface area contributed by atoms with Crippen LogP contribution in [0.4, 0.5) is 0 Å². The molecule has 0 aliphatic heterocycles. The zero-order chi connectivity index (χ0) is 16.2. The van der Waals surface area contributed by atoms with Crippen LogP contribution in [0.15, 0.2) is 48.8 Å². The molecule has 1 N–H and O–H groups in total. The van der Waals surface area contributed by atoms with Crippen molar-refractivity contribution in [1.29, 1.82) is 0 Å². The third-order valence-corrected chi connectivity index (χ3v) is 4.19. The lowest BCUT2D eigenvalue weighted by molar-refractivity contribution is 0.726. The highest BCUT2D eigenvalue weighted by molar-refractivity contribution is 5.43. The number of hydrogen-bond donors (Lipinski definition) is 1. The second-order valence-electron chi connectivity index (χ2n) is 6.39. The van der Waals surface area contributed by atoms with Crippen molar-refractivity contribution >= 4 is 5.65 Å². The smallest absolute Gasteiger partial charge is 0.137 e. The summed E-state index contributed by atoms with van der Waals surface area (Å²) in [6.07, 6.45) is 5.10. The predicted molar refractivity (Wildman–Crippen MR) is 95.9 cm³/mol. The molecular weight excluding hydrogens is 282 g/mol. The Labute approximate surface area is 138 Å². The van der Waals surface area contributed by atoms with Crippen molar-refractivity contribution in [3.8, 4) is 0 Å². The molecule has 3 nitrogen and oxygen atoms in total. The van der Waals surface area contributed by atoms with Gasteiger partial charge < -0.3 is 9.72 Å². The van der Waals surface area contributed by atoms with Gasteiger partial charge in [-0.2, -0.15) is 0 Å². The second kappa shape index (κ2) is 6.97. The minimum atomic E-state index is 0.578. The van der Waals surface area contributed by atoms with E-state index in [4.69, 9.17) is 4.98 Å². The van der Waals surface area contributed by atoms with Gasteiger partial charge in [-0.25, -0.2) is 4.98 Å². The van der Waals surface area contributed by atoms with Gasteiger partial charge in [-0.1, -0.05) is 45.0 Å². The minimum Gasteiger partial charge on any atom is -0.313 e. The first-order valence-corrected chi connectivity index (χ1v) is 8.41. The molecule has 3 aromatic rings. The van der Waals surface area contributed by atoms with E-state index < -0.39 is 0 Å². The number of nitrogens with one attached hydrogen (secondary N) is 1. The lowest BCUT2D eigenvalue weighted by Crippen LogP contribution is -2.11. The summed E-state index contributed by atoms with van der Waals surface area (Å²) in [7, 11) is 0. The Balaban J connectivity index is 1.77. The summed E-state index contributed by atoms with van der Waals surface area (Å²) in [6, 6.07) is 13.2. The van der Waals surface area contributed by atoms with E-state index in [1.54, 1.807) is 0 Å². The summed E-state index contributed by atoms with van der Waals surface area (Å²) in [6.45, 7) is 8.45. The summed E-state index contributed by atoms with van der Waals surface area (Å²) < 4.78 is 2.10. The fourth-order valence-electron chi connectivity index (χ4n) is 2.77. The number of imidazole rings is 1. The van der Waals surface area contributed by atoms with E-state index in [2.05, 4.69) is 79.3 Å². The van der Waals surface area contributed by atoms with Gasteiger partial charge in [0.15, 0.2) is 0 Å². The Hall–Kier alpha value is -2.13. The minimum absolute atomic E-state index is 0.578. The van der Waals surface area contributed by atoms with E-state index in [0.717, 1.165) is 30.9 Å². The van der Waals surface area contributed by atoms with Crippen LogP contribution in [-0.2, 0) is 13.0 Å². The number of fused-ring (bicyclic) bond motifs is 1. The summed E-state index contributed by atoms with van der Waals surface area (Å²) >= 11 is 0. The van der Waals surface area contributed by atoms with E-state index in [0.29, 0.717) is 5.92 Å². The van der Waals surface area contributed by atoms with E-state index in [1.165, 1.54) is 16.7 Å². The Morgan fingerprint density at radius 1 is 1.09 bits per heavy atom. The maximum atomic E-state index is 4.77. The molecule has 0 aliphatic rings. The molecule has 1 aromatic carbocycles. The fourth-order valence-corrected chi connectivity index (χ4v) is 2.77. The first-order chi connectivity index (χ1) is 11.2. The molecule has 2 aromatic heterocycles. The number of rotatable bonds is 6. The van der Waals surface area contributed by atoms with Crippen LogP contribution < -0.4 is 5.32 Å². The molecule has 2 heterocycles. The number of pyridine rings is 1. The molecule has 23 heavy (non-hydrogen) atoms. The van der Waals surface area contributed by atoms with Crippen molar-refractivity contribution in [3.05, 3.63) is 71.2 Å². The predicted octanol–water partition coefficient (Wildman–Crippen LogP) is 4.16. The van der Waals surface area contributed by atoms with Crippen LogP contribution >= 0.6 is 0 Å². The number of aromatic nitrogens is 2. The molecule has 120 valence electrons. The SMILES string of the molecule is CCNCc1ccn2cc(Cc3ccc(C(C)C)cc3)nc2c1. The fraction of sp³-hybridized carbons (Fsp3) is 0.350. The first kappa shape index (κ1) is 15.8. The van der Waals surface area contributed by atoms with Crippen LogP contribution in [0.2, 0.25) is 0 Å². The number of hydrogen-bond acceptors (Lipinski definition) is 2. The zero-order valence-electron chi connectivity index (χ0n) is 14.2. The average Bonchev–Trinajstić information content (AvgIpc) is 2.94. The Kier molecular flexibility index (Phi) is 4.77. The van der Waals surface area contributed by atoms with Crippen LogP contribution in [0.1, 0.15) is 49.1 Å². The van der Waals surface area contributed by atoms with Gasteiger partial charge in [-0.15, -0.1) is 0 Å². The normalized spacial score (nSPS) is 11.5. The second-order valence-corrected chi connectivity index (χ2v) is 6.39. The molecule has 0 amide bonds. The van der Waals surface area contributed by atoms with Gasteiger partial charge in [0, 0.05) is 25.4 Å². The van der Waals surface area contributed by atoms with Gasteiger partial charge in [0.1, 0.15) is 5.65 Å². The highest BCUT2D eigenvalue weighted by atomic mass is 15.0. The monoisotopic (exact) mass is 307 g/mol. The van der Waals surface area contributed by atoms with Crippen LogP contribution in [0.5, 0.6) is 0 Å². The molecule has 0 spiro atoms. The van der Waals surface area contributed by atoms with Crippen LogP contribution in [-0.4, -0.2) is 15.9 Å². The van der Waals surface area contributed by atoms with Gasteiger partial charge in [0.25, 0.3) is 0 Å². The van der Waals surface area contributed by atoms with E-state index in [-0.39, 0.29) is 0 Å². The third-order valence-electron chi connectivity index (χ3n) is 4.19. The molecule has 0 fully saturated rings. The average molecular weight is 307 g/mol. The van der Waals surface area contributed by atoms with E-state index in [1.807, 2.05) is 0 Å². The van der Waals surface area contributed by atoms with E-state index >= 15 is 0 Å². The van der Waals surface area contributed by atoms with Gasteiger partial charge >= 0.3 is 0 Å². The Bertz CT molecular complexity index is 769. The molecule has 0 saturated carbocycles. The quantitative estimate of drug-likeness (QED) is 0.741. The third kappa shape index (κ3) is 3.80. The topological polar surface area (TPSA) is 29.3 Å². The highest BCUT2D eigenvalue weighted by Gasteiger charge is 2.05. The zero-order valence-corrected chi connectivity index (χ0v) is 14.2.